The van der Waals surface area contributed by atoms with E-state index in [1.807, 2.05) is 7.05 Å². The van der Waals surface area contributed by atoms with Crippen LogP contribution in [-0.4, -0.2) is 65.3 Å². The average molecular weight is 285 g/mol. The Morgan fingerprint density at radius 1 is 1.16 bits per heavy atom. The molecule has 0 aromatic heterocycles. The topological polar surface area (TPSA) is 41.6 Å². The molecule has 0 bridgehead atoms. The lowest BCUT2D eigenvalue weighted by Crippen LogP contribution is -2.43. The standard InChI is InChI=1S/C14H27N3OS/c1-16(19(2)18)14-7-11-9-17(10-12(11)8-14)13-3-5-15-6-4-13/h11-15H,3-10H2,1-2H3/t11-,12+,14-,19?. The fourth-order valence-corrected chi connectivity index (χ4v) is 4.87. The number of hydrogen-bond donors (Lipinski definition) is 1. The van der Waals surface area contributed by atoms with Crippen molar-refractivity contribution in [1.29, 1.82) is 0 Å². The highest BCUT2D eigenvalue weighted by molar-refractivity contribution is 7.88. The number of nitrogens with zero attached hydrogens (tertiary/aromatic N) is 2. The summed E-state index contributed by atoms with van der Waals surface area (Å²) in [5.74, 6) is 1.71. The van der Waals surface area contributed by atoms with Crippen LogP contribution in [0.3, 0.4) is 0 Å². The van der Waals surface area contributed by atoms with Crippen LogP contribution in [-0.2, 0) is 11.4 Å². The Morgan fingerprint density at radius 3 is 2.26 bits per heavy atom. The fraction of sp³-hybridized carbons (Fsp3) is 1.00. The molecule has 0 amide bonds. The molecule has 0 aromatic carbocycles. The SMILES string of the molecule is CN([C@@H]1C[C@@H]2CN(C3CCNCC3)C[C@@H]2C1)[S+](C)[O-]. The van der Waals surface area contributed by atoms with Gasteiger partial charge in [0.25, 0.3) is 0 Å². The van der Waals surface area contributed by atoms with Crippen LogP contribution in [0.1, 0.15) is 25.7 Å². The van der Waals surface area contributed by atoms with Crippen LogP contribution in [0, 0.1) is 11.8 Å². The molecule has 1 unspecified atom stereocenters. The summed E-state index contributed by atoms with van der Waals surface area (Å²) in [6.07, 6.45) is 6.95. The van der Waals surface area contributed by atoms with E-state index in [0.717, 1.165) is 17.9 Å². The molecule has 110 valence electrons. The maximum atomic E-state index is 11.6. The minimum Gasteiger partial charge on any atom is -0.598 e. The van der Waals surface area contributed by atoms with Crippen molar-refractivity contribution in [2.45, 2.75) is 37.8 Å². The first-order valence-corrected chi connectivity index (χ1v) is 9.17. The van der Waals surface area contributed by atoms with Crippen LogP contribution in [0.4, 0.5) is 0 Å². The molecule has 19 heavy (non-hydrogen) atoms. The first-order valence-electron chi connectivity index (χ1n) is 7.66. The number of piperidine rings is 1. The lowest BCUT2D eigenvalue weighted by Gasteiger charge is -2.32. The third kappa shape index (κ3) is 2.95. The van der Waals surface area contributed by atoms with E-state index in [4.69, 9.17) is 0 Å². The Labute approximate surface area is 120 Å². The molecular formula is C14H27N3OS. The van der Waals surface area contributed by atoms with Gasteiger partial charge in [0.2, 0.25) is 0 Å². The Kier molecular flexibility index (Phi) is 4.39. The maximum absolute atomic E-state index is 11.6. The molecule has 2 aliphatic heterocycles. The van der Waals surface area contributed by atoms with Crippen LogP contribution >= 0.6 is 0 Å². The summed E-state index contributed by atoms with van der Waals surface area (Å²) < 4.78 is 13.7. The number of likely N-dealkylation sites (tertiary alicyclic amines) is 1. The Morgan fingerprint density at radius 2 is 1.74 bits per heavy atom. The largest absolute Gasteiger partial charge is 0.598 e. The quantitative estimate of drug-likeness (QED) is 0.774. The molecule has 1 saturated carbocycles. The number of nitrogens with one attached hydrogen (secondary N) is 1. The monoisotopic (exact) mass is 285 g/mol. The van der Waals surface area contributed by atoms with Crippen LogP contribution in [0.25, 0.3) is 0 Å². The summed E-state index contributed by atoms with van der Waals surface area (Å²) in [6, 6.07) is 1.37. The Hall–Kier alpha value is 0.190. The second-order valence-corrected chi connectivity index (χ2v) is 7.97. The van der Waals surface area contributed by atoms with Crippen molar-refractivity contribution in [2.24, 2.45) is 11.8 Å². The molecular weight excluding hydrogens is 258 g/mol. The van der Waals surface area contributed by atoms with E-state index in [0.29, 0.717) is 6.04 Å². The minimum atomic E-state index is -0.810. The van der Waals surface area contributed by atoms with E-state index in [1.54, 1.807) is 6.26 Å². The molecule has 5 heteroatoms. The highest BCUT2D eigenvalue weighted by Crippen LogP contribution is 2.41. The lowest BCUT2D eigenvalue weighted by atomic mass is 10.0. The summed E-state index contributed by atoms with van der Waals surface area (Å²) >= 11 is -0.810. The van der Waals surface area contributed by atoms with E-state index in [9.17, 15) is 4.55 Å². The van der Waals surface area contributed by atoms with Gasteiger partial charge in [-0.05, 0) is 50.6 Å². The molecule has 0 spiro atoms. The van der Waals surface area contributed by atoms with Crippen LogP contribution in [0.15, 0.2) is 0 Å². The average Bonchev–Trinajstić information content (AvgIpc) is 2.96. The van der Waals surface area contributed by atoms with Crippen LogP contribution in [0.5, 0.6) is 0 Å². The zero-order valence-corrected chi connectivity index (χ0v) is 13.0. The predicted molar refractivity (Wildman–Crippen MR) is 79.3 cm³/mol. The first-order chi connectivity index (χ1) is 9.15. The van der Waals surface area contributed by atoms with Crippen molar-refractivity contribution < 1.29 is 4.55 Å². The molecule has 4 atom stereocenters. The molecule has 2 heterocycles. The highest BCUT2D eigenvalue weighted by atomic mass is 32.2. The number of hydrogen-bond acceptors (Lipinski definition) is 4. The smallest absolute Gasteiger partial charge is 0.115 e. The van der Waals surface area contributed by atoms with Crippen molar-refractivity contribution in [2.75, 3.05) is 39.5 Å². The van der Waals surface area contributed by atoms with E-state index < -0.39 is 11.4 Å². The maximum Gasteiger partial charge on any atom is 0.115 e. The van der Waals surface area contributed by atoms with Gasteiger partial charge in [-0.3, -0.25) is 4.90 Å². The van der Waals surface area contributed by atoms with Gasteiger partial charge in [-0.25, -0.2) is 0 Å². The van der Waals surface area contributed by atoms with E-state index >= 15 is 0 Å². The summed E-state index contributed by atoms with van der Waals surface area (Å²) in [6.45, 7) is 4.96. The zero-order chi connectivity index (χ0) is 13.4. The zero-order valence-electron chi connectivity index (χ0n) is 12.2. The summed E-state index contributed by atoms with van der Waals surface area (Å²) in [5, 5.41) is 3.46. The van der Waals surface area contributed by atoms with Gasteiger partial charge in [0, 0.05) is 37.5 Å². The molecule has 1 aliphatic carbocycles. The minimum absolute atomic E-state index is 0.552. The van der Waals surface area contributed by atoms with Gasteiger partial charge >= 0.3 is 0 Å². The van der Waals surface area contributed by atoms with Crippen molar-refractivity contribution >= 4 is 11.4 Å². The number of rotatable bonds is 3. The molecule has 3 aliphatic rings. The fourth-order valence-electron chi connectivity index (χ4n) is 4.28. The van der Waals surface area contributed by atoms with Gasteiger partial charge in [0.1, 0.15) is 6.26 Å². The Balaban J connectivity index is 1.52. The van der Waals surface area contributed by atoms with E-state index in [1.165, 1.54) is 51.9 Å². The van der Waals surface area contributed by atoms with Gasteiger partial charge in [-0.1, -0.05) is 0 Å². The van der Waals surface area contributed by atoms with Gasteiger partial charge in [0.05, 0.1) is 6.04 Å². The van der Waals surface area contributed by atoms with E-state index in [-0.39, 0.29) is 0 Å². The predicted octanol–water partition coefficient (Wildman–Crippen LogP) is 0.674. The normalized spacial score (nSPS) is 38.8. The van der Waals surface area contributed by atoms with Gasteiger partial charge in [-0.15, -0.1) is 4.31 Å². The second kappa shape index (κ2) is 5.90. The third-order valence-electron chi connectivity index (χ3n) is 5.50. The van der Waals surface area contributed by atoms with Crippen molar-refractivity contribution in [3.8, 4) is 0 Å². The van der Waals surface area contributed by atoms with E-state index in [2.05, 4.69) is 14.5 Å². The summed E-state index contributed by atoms with van der Waals surface area (Å²) in [4.78, 5) is 2.75. The van der Waals surface area contributed by atoms with Crippen molar-refractivity contribution in [3.63, 3.8) is 0 Å². The van der Waals surface area contributed by atoms with Crippen LogP contribution < -0.4 is 5.32 Å². The molecule has 0 radical (unpaired) electrons. The van der Waals surface area contributed by atoms with Gasteiger partial charge < -0.3 is 9.87 Å². The number of fused-ring (bicyclic) bond motifs is 1. The molecule has 0 aromatic rings. The molecule has 3 fully saturated rings. The third-order valence-corrected chi connectivity index (χ3v) is 6.61. The van der Waals surface area contributed by atoms with Crippen molar-refractivity contribution in [1.82, 2.24) is 14.5 Å². The summed E-state index contributed by atoms with van der Waals surface area (Å²) in [5.41, 5.74) is 0. The Bertz CT molecular complexity index is 295. The summed E-state index contributed by atoms with van der Waals surface area (Å²) in [7, 11) is 2.02. The first kappa shape index (κ1) is 14.1. The highest BCUT2D eigenvalue weighted by Gasteiger charge is 2.45. The molecule has 3 rings (SSSR count). The van der Waals surface area contributed by atoms with Crippen molar-refractivity contribution in [3.05, 3.63) is 0 Å². The van der Waals surface area contributed by atoms with Gasteiger partial charge in [-0.2, -0.15) is 0 Å². The molecule has 1 N–H and O–H groups in total. The molecule has 4 nitrogen and oxygen atoms in total. The van der Waals surface area contributed by atoms with Gasteiger partial charge in [0.15, 0.2) is 0 Å². The van der Waals surface area contributed by atoms with Crippen LogP contribution in [0.2, 0.25) is 0 Å². The molecule has 2 saturated heterocycles. The second-order valence-electron chi connectivity index (χ2n) is 6.55. The lowest BCUT2D eigenvalue weighted by molar-refractivity contribution is 0.179.